The Morgan fingerprint density at radius 2 is 2.08 bits per heavy atom. The maximum atomic E-state index is 10.7. The highest BCUT2D eigenvalue weighted by atomic mass is 16.5. The van der Waals surface area contributed by atoms with Crippen LogP contribution in [0.1, 0.15) is 26.7 Å². The van der Waals surface area contributed by atoms with Crippen molar-refractivity contribution in [2.45, 2.75) is 26.7 Å². The van der Waals surface area contributed by atoms with Crippen molar-refractivity contribution in [2.75, 3.05) is 13.2 Å². The molecule has 0 atom stereocenters. The number of unbranched alkanes of at least 4 members (excludes halogenated alkanes) is 1. The number of rotatable bonds is 5. The summed E-state index contributed by atoms with van der Waals surface area (Å²) < 4.78 is 4.73. The Morgan fingerprint density at radius 3 is 2.58 bits per heavy atom. The molecule has 4 heteroatoms. The summed E-state index contributed by atoms with van der Waals surface area (Å²) in [6, 6.07) is 0. The van der Waals surface area contributed by atoms with E-state index in [4.69, 9.17) is 4.74 Å². The molecule has 0 aliphatic carbocycles. The second-order valence-electron chi connectivity index (χ2n) is 2.55. The fourth-order valence-electron chi connectivity index (χ4n) is 0.557. The molecule has 0 rings (SSSR count). The van der Waals surface area contributed by atoms with Crippen LogP contribution in [0.2, 0.25) is 0 Å². The van der Waals surface area contributed by atoms with Crippen LogP contribution >= 0.6 is 0 Å². The predicted octanol–water partition coefficient (Wildman–Crippen LogP) is 1.10. The first kappa shape index (κ1) is 10.9. The van der Waals surface area contributed by atoms with E-state index in [1.165, 1.54) is 6.92 Å². The molecule has 70 valence electrons. The molecule has 0 saturated heterocycles. The number of Topliss-reactive ketones (excluding diaryl/α,β-unsaturated/α-hetero) is 1. The van der Waals surface area contributed by atoms with Gasteiger partial charge in [-0.15, -0.1) is 0 Å². The number of ether oxygens (including phenoxy) is 1. The lowest BCUT2D eigenvalue weighted by molar-refractivity contribution is -0.116. The zero-order chi connectivity index (χ0) is 9.40. The zero-order valence-corrected chi connectivity index (χ0v) is 7.55. The molecule has 12 heavy (non-hydrogen) atoms. The second-order valence-corrected chi connectivity index (χ2v) is 2.55. The van der Waals surface area contributed by atoms with Gasteiger partial charge in [0.2, 0.25) is 0 Å². The van der Waals surface area contributed by atoms with Crippen LogP contribution in [0.15, 0.2) is 0 Å². The molecule has 0 unspecified atom stereocenters. The average Bonchev–Trinajstić information content (AvgIpc) is 2.01. The SMILES string of the molecule is CCCCOC(=O)NCC(C)=O. The number of ketones is 1. The molecule has 0 aromatic carbocycles. The fraction of sp³-hybridized carbons (Fsp3) is 0.750. The van der Waals surface area contributed by atoms with Crippen molar-refractivity contribution in [1.29, 1.82) is 0 Å². The van der Waals surface area contributed by atoms with Gasteiger partial charge in [-0.25, -0.2) is 4.79 Å². The number of alkyl carbamates (subject to hydrolysis) is 1. The lowest BCUT2D eigenvalue weighted by Gasteiger charge is -2.03. The van der Waals surface area contributed by atoms with E-state index in [0.29, 0.717) is 6.61 Å². The minimum atomic E-state index is -0.515. The van der Waals surface area contributed by atoms with Crippen LogP contribution in [0, 0.1) is 0 Å². The molecule has 4 nitrogen and oxygen atoms in total. The highest BCUT2D eigenvalue weighted by molar-refractivity contribution is 5.81. The van der Waals surface area contributed by atoms with Gasteiger partial charge in [0.15, 0.2) is 0 Å². The maximum absolute atomic E-state index is 10.7. The van der Waals surface area contributed by atoms with Crippen LogP contribution in [-0.2, 0) is 9.53 Å². The van der Waals surface area contributed by atoms with E-state index in [0.717, 1.165) is 12.8 Å². The summed E-state index contributed by atoms with van der Waals surface area (Å²) in [6.45, 7) is 3.88. The summed E-state index contributed by atoms with van der Waals surface area (Å²) in [4.78, 5) is 21.1. The normalized spacial score (nSPS) is 9.17. The summed E-state index contributed by atoms with van der Waals surface area (Å²) in [7, 11) is 0. The van der Waals surface area contributed by atoms with Gasteiger partial charge in [0.05, 0.1) is 13.2 Å². The van der Waals surface area contributed by atoms with Crippen LogP contribution in [0.5, 0.6) is 0 Å². The Hall–Kier alpha value is -1.06. The van der Waals surface area contributed by atoms with E-state index < -0.39 is 6.09 Å². The number of hydrogen-bond donors (Lipinski definition) is 1. The van der Waals surface area contributed by atoms with Crippen LogP contribution in [0.4, 0.5) is 4.79 Å². The summed E-state index contributed by atoms with van der Waals surface area (Å²) in [5.74, 6) is -0.0811. The fourth-order valence-corrected chi connectivity index (χ4v) is 0.557. The number of carbonyl (C=O) groups excluding carboxylic acids is 2. The number of amides is 1. The molecule has 0 radical (unpaired) electrons. The molecule has 0 aromatic heterocycles. The maximum Gasteiger partial charge on any atom is 0.407 e. The molecular formula is C8H15NO3. The summed E-state index contributed by atoms with van der Waals surface area (Å²) in [5.41, 5.74) is 0. The van der Waals surface area contributed by atoms with Gasteiger partial charge in [0.1, 0.15) is 5.78 Å². The van der Waals surface area contributed by atoms with Crippen LogP contribution in [0.25, 0.3) is 0 Å². The molecule has 0 saturated carbocycles. The summed E-state index contributed by atoms with van der Waals surface area (Å²) >= 11 is 0. The molecular weight excluding hydrogens is 158 g/mol. The van der Waals surface area contributed by atoms with E-state index in [1.54, 1.807) is 0 Å². The topological polar surface area (TPSA) is 55.4 Å². The Labute approximate surface area is 72.3 Å². The summed E-state index contributed by atoms with van der Waals surface area (Å²) in [5, 5.41) is 2.33. The number of hydrogen-bond acceptors (Lipinski definition) is 3. The third kappa shape index (κ3) is 7.05. The Morgan fingerprint density at radius 1 is 1.42 bits per heavy atom. The van der Waals surface area contributed by atoms with Gasteiger partial charge in [-0.2, -0.15) is 0 Å². The molecule has 0 aliphatic heterocycles. The van der Waals surface area contributed by atoms with E-state index >= 15 is 0 Å². The van der Waals surface area contributed by atoms with Gasteiger partial charge in [-0.1, -0.05) is 13.3 Å². The van der Waals surface area contributed by atoms with Gasteiger partial charge in [-0.3, -0.25) is 4.79 Å². The first-order valence-corrected chi connectivity index (χ1v) is 4.07. The van der Waals surface area contributed by atoms with Crippen molar-refractivity contribution in [3.05, 3.63) is 0 Å². The smallest absolute Gasteiger partial charge is 0.407 e. The highest BCUT2D eigenvalue weighted by Crippen LogP contribution is 1.87. The molecule has 0 spiro atoms. The molecule has 1 N–H and O–H groups in total. The van der Waals surface area contributed by atoms with Crippen LogP contribution in [-0.4, -0.2) is 25.0 Å². The van der Waals surface area contributed by atoms with E-state index in [2.05, 4.69) is 5.32 Å². The lowest BCUT2D eigenvalue weighted by Crippen LogP contribution is -2.29. The monoisotopic (exact) mass is 173 g/mol. The summed E-state index contributed by atoms with van der Waals surface area (Å²) in [6.07, 6.45) is 1.33. The Kier molecular flexibility index (Phi) is 6.05. The van der Waals surface area contributed by atoms with Crippen molar-refractivity contribution in [2.24, 2.45) is 0 Å². The van der Waals surface area contributed by atoms with E-state index in [-0.39, 0.29) is 12.3 Å². The highest BCUT2D eigenvalue weighted by Gasteiger charge is 2.00. The third-order valence-electron chi connectivity index (χ3n) is 1.21. The van der Waals surface area contributed by atoms with Crippen LogP contribution < -0.4 is 5.32 Å². The standard InChI is InChI=1S/C8H15NO3/c1-3-4-5-12-8(11)9-6-7(2)10/h3-6H2,1-2H3,(H,9,11). The van der Waals surface area contributed by atoms with Crippen molar-refractivity contribution in [3.8, 4) is 0 Å². The lowest BCUT2D eigenvalue weighted by atomic mass is 10.4. The van der Waals surface area contributed by atoms with Crippen molar-refractivity contribution in [3.63, 3.8) is 0 Å². The van der Waals surface area contributed by atoms with Gasteiger partial charge < -0.3 is 10.1 Å². The largest absolute Gasteiger partial charge is 0.450 e. The molecule has 0 bridgehead atoms. The van der Waals surface area contributed by atoms with Gasteiger partial charge in [-0.05, 0) is 13.3 Å². The Balaban J connectivity index is 3.28. The van der Waals surface area contributed by atoms with E-state index in [1.807, 2.05) is 6.92 Å². The molecule has 0 heterocycles. The minimum Gasteiger partial charge on any atom is -0.450 e. The molecule has 0 aromatic rings. The van der Waals surface area contributed by atoms with Crippen LogP contribution in [0.3, 0.4) is 0 Å². The first-order valence-electron chi connectivity index (χ1n) is 4.07. The molecule has 0 aliphatic rings. The van der Waals surface area contributed by atoms with Crippen molar-refractivity contribution in [1.82, 2.24) is 5.32 Å². The molecule has 1 amide bonds. The zero-order valence-electron chi connectivity index (χ0n) is 7.55. The van der Waals surface area contributed by atoms with Crippen molar-refractivity contribution < 1.29 is 14.3 Å². The third-order valence-corrected chi connectivity index (χ3v) is 1.21. The van der Waals surface area contributed by atoms with Gasteiger partial charge in [0.25, 0.3) is 0 Å². The average molecular weight is 173 g/mol. The predicted molar refractivity (Wildman–Crippen MR) is 44.9 cm³/mol. The van der Waals surface area contributed by atoms with Crippen molar-refractivity contribution >= 4 is 11.9 Å². The quantitative estimate of drug-likeness (QED) is 0.633. The van der Waals surface area contributed by atoms with Gasteiger partial charge >= 0.3 is 6.09 Å². The molecule has 0 fully saturated rings. The minimum absolute atomic E-state index is 0.0466. The Bertz CT molecular complexity index is 156. The second kappa shape index (κ2) is 6.64. The first-order chi connectivity index (χ1) is 5.66. The number of nitrogens with one attached hydrogen (secondary N) is 1. The number of carbonyl (C=O) groups is 2. The van der Waals surface area contributed by atoms with Gasteiger partial charge in [0, 0.05) is 0 Å². The van der Waals surface area contributed by atoms with E-state index in [9.17, 15) is 9.59 Å².